The van der Waals surface area contributed by atoms with Gasteiger partial charge in [0.25, 0.3) is 0 Å². The van der Waals surface area contributed by atoms with Crippen LogP contribution in [0.4, 0.5) is 5.69 Å². The van der Waals surface area contributed by atoms with Gasteiger partial charge in [0.1, 0.15) is 5.41 Å². The van der Waals surface area contributed by atoms with Gasteiger partial charge >= 0.3 is 5.97 Å². The number of rotatable bonds is 2. The largest absolute Gasteiger partial charge is 0.468 e. The Bertz CT molecular complexity index is 348. The van der Waals surface area contributed by atoms with Gasteiger partial charge in [-0.25, -0.2) is 0 Å². The van der Waals surface area contributed by atoms with Crippen LogP contribution in [0.25, 0.3) is 0 Å². The fraction of sp³-hybridized carbons (Fsp3) is 0.400. The van der Waals surface area contributed by atoms with Gasteiger partial charge in [-0.1, -0.05) is 0 Å². The number of aromatic nitrogens is 1. The summed E-state index contributed by atoms with van der Waals surface area (Å²) in [5, 5.41) is 0. The Hall–Kier alpha value is -1.58. The normalized spacial score (nSPS) is 11.1. The van der Waals surface area contributed by atoms with Crippen molar-refractivity contribution >= 4 is 11.7 Å². The lowest BCUT2D eigenvalue weighted by Gasteiger charge is -2.20. The molecule has 0 saturated carbocycles. The molecular weight excluding hydrogens is 180 g/mol. The van der Waals surface area contributed by atoms with Gasteiger partial charge in [-0.3, -0.25) is 9.78 Å². The minimum atomic E-state index is -0.760. The molecule has 0 radical (unpaired) electrons. The van der Waals surface area contributed by atoms with E-state index in [1.807, 2.05) is 0 Å². The third kappa shape index (κ3) is 1.84. The monoisotopic (exact) mass is 194 g/mol. The molecule has 2 N–H and O–H groups in total. The average Bonchev–Trinajstić information content (AvgIpc) is 2.16. The lowest BCUT2D eigenvalue weighted by molar-refractivity contribution is -0.146. The zero-order chi connectivity index (χ0) is 10.8. The zero-order valence-corrected chi connectivity index (χ0v) is 8.57. The summed E-state index contributed by atoms with van der Waals surface area (Å²) in [5.74, 6) is -0.324. The first kappa shape index (κ1) is 10.5. The lowest BCUT2D eigenvalue weighted by Crippen LogP contribution is -2.31. The number of pyridine rings is 1. The second kappa shape index (κ2) is 3.65. The molecule has 0 aromatic carbocycles. The number of nitrogens with zero attached hydrogens (tertiary/aromatic N) is 1. The number of methoxy groups -OCH3 is 1. The van der Waals surface area contributed by atoms with Crippen molar-refractivity contribution in [2.75, 3.05) is 12.8 Å². The summed E-state index contributed by atoms with van der Waals surface area (Å²) in [6.45, 7) is 3.50. The molecule has 14 heavy (non-hydrogen) atoms. The van der Waals surface area contributed by atoms with Crippen molar-refractivity contribution in [3.63, 3.8) is 0 Å². The second-order valence-corrected chi connectivity index (χ2v) is 3.59. The summed E-state index contributed by atoms with van der Waals surface area (Å²) in [7, 11) is 1.36. The summed E-state index contributed by atoms with van der Waals surface area (Å²) in [4.78, 5) is 15.5. The summed E-state index contributed by atoms with van der Waals surface area (Å²) in [6, 6.07) is 3.35. The van der Waals surface area contributed by atoms with Gasteiger partial charge in [0.2, 0.25) is 0 Å². The van der Waals surface area contributed by atoms with Crippen LogP contribution < -0.4 is 5.73 Å². The van der Waals surface area contributed by atoms with E-state index in [-0.39, 0.29) is 5.97 Å². The average molecular weight is 194 g/mol. The zero-order valence-electron chi connectivity index (χ0n) is 8.57. The first-order valence-electron chi connectivity index (χ1n) is 4.29. The summed E-state index contributed by atoms with van der Waals surface area (Å²) >= 11 is 0. The van der Waals surface area contributed by atoms with Gasteiger partial charge in [-0.15, -0.1) is 0 Å². The minimum absolute atomic E-state index is 0.324. The Kier molecular flexibility index (Phi) is 2.74. The molecule has 0 unspecified atom stereocenters. The van der Waals surface area contributed by atoms with Crippen molar-refractivity contribution in [1.82, 2.24) is 4.98 Å². The van der Waals surface area contributed by atoms with E-state index in [2.05, 4.69) is 9.72 Å². The van der Waals surface area contributed by atoms with Gasteiger partial charge < -0.3 is 10.5 Å². The van der Waals surface area contributed by atoms with Crippen molar-refractivity contribution in [1.29, 1.82) is 0 Å². The number of hydrogen-bond acceptors (Lipinski definition) is 4. The van der Waals surface area contributed by atoms with Crippen molar-refractivity contribution in [2.45, 2.75) is 19.3 Å². The van der Waals surface area contributed by atoms with Crippen LogP contribution in [0.3, 0.4) is 0 Å². The molecule has 0 aliphatic carbocycles. The number of ether oxygens (including phenoxy) is 1. The Balaban J connectivity index is 3.09. The fourth-order valence-electron chi connectivity index (χ4n) is 1.15. The van der Waals surface area contributed by atoms with Crippen LogP contribution in [0, 0.1) is 0 Å². The van der Waals surface area contributed by atoms with Crippen LogP contribution in [0.1, 0.15) is 19.5 Å². The SMILES string of the molecule is COC(=O)C(C)(C)c1cc(N)ccn1. The van der Waals surface area contributed by atoms with Gasteiger partial charge in [0.05, 0.1) is 12.8 Å². The molecule has 76 valence electrons. The van der Waals surface area contributed by atoms with E-state index >= 15 is 0 Å². The van der Waals surface area contributed by atoms with Crippen LogP contribution in [-0.4, -0.2) is 18.1 Å². The molecule has 1 aromatic heterocycles. The Labute approximate surface area is 83.1 Å². The maximum Gasteiger partial charge on any atom is 0.317 e. The molecule has 4 heteroatoms. The summed E-state index contributed by atoms with van der Waals surface area (Å²) in [5.41, 5.74) is 6.05. The molecule has 0 atom stereocenters. The fourth-order valence-corrected chi connectivity index (χ4v) is 1.15. The van der Waals surface area contributed by atoms with Crippen molar-refractivity contribution < 1.29 is 9.53 Å². The number of nitrogens with two attached hydrogens (primary N) is 1. The standard InChI is InChI=1S/C10H14N2O2/c1-10(2,9(13)14-3)8-6-7(11)4-5-12-8/h4-6H,1-3H3,(H2,11,12). The lowest BCUT2D eigenvalue weighted by atomic mass is 9.89. The Morgan fingerprint density at radius 3 is 2.71 bits per heavy atom. The van der Waals surface area contributed by atoms with E-state index in [1.165, 1.54) is 7.11 Å². The van der Waals surface area contributed by atoms with Crippen molar-refractivity contribution in [2.24, 2.45) is 0 Å². The number of anilines is 1. The maximum atomic E-state index is 11.4. The van der Waals surface area contributed by atoms with Crippen LogP contribution >= 0.6 is 0 Å². The number of carbonyl (C=O) groups is 1. The highest BCUT2D eigenvalue weighted by Crippen LogP contribution is 2.23. The summed E-state index contributed by atoms with van der Waals surface area (Å²) < 4.78 is 4.69. The van der Waals surface area contributed by atoms with E-state index in [9.17, 15) is 4.79 Å². The highest BCUT2D eigenvalue weighted by Gasteiger charge is 2.32. The molecular formula is C10H14N2O2. The van der Waals surface area contributed by atoms with Crippen molar-refractivity contribution in [3.8, 4) is 0 Å². The molecule has 4 nitrogen and oxygen atoms in total. The first-order chi connectivity index (χ1) is 6.48. The number of nitrogen functional groups attached to an aromatic ring is 1. The first-order valence-corrected chi connectivity index (χ1v) is 4.29. The second-order valence-electron chi connectivity index (χ2n) is 3.59. The van der Waals surface area contributed by atoms with Crippen LogP contribution in [0.2, 0.25) is 0 Å². The number of esters is 1. The van der Waals surface area contributed by atoms with E-state index in [4.69, 9.17) is 5.73 Å². The summed E-state index contributed by atoms with van der Waals surface area (Å²) in [6.07, 6.45) is 1.58. The Morgan fingerprint density at radius 2 is 2.21 bits per heavy atom. The van der Waals surface area contributed by atoms with E-state index in [0.717, 1.165) is 0 Å². The van der Waals surface area contributed by atoms with Crippen LogP contribution in [0.5, 0.6) is 0 Å². The third-order valence-corrected chi connectivity index (χ3v) is 2.12. The quantitative estimate of drug-likeness (QED) is 0.716. The predicted octanol–water partition coefficient (Wildman–Crippen LogP) is 1.11. The van der Waals surface area contributed by atoms with Crippen LogP contribution in [-0.2, 0) is 14.9 Å². The topological polar surface area (TPSA) is 65.2 Å². The molecule has 1 heterocycles. The molecule has 0 aliphatic heterocycles. The minimum Gasteiger partial charge on any atom is -0.468 e. The molecule has 0 bridgehead atoms. The number of carbonyl (C=O) groups excluding carboxylic acids is 1. The molecule has 0 amide bonds. The highest BCUT2D eigenvalue weighted by atomic mass is 16.5. The Morgan fingerprint density at radius 1 is 1.57 bits per heavy atom. The maximum absolute atomic E-state index is 11.4. The smallest absolute Gasteiger partial charge is 0.317 e. The van der Waals surface area contributed by atoms with E-state index < -0.39 is 5.41 Å². The molecule has 0 aliphatic rings. The van der Waals surface area contributed by atoms with Gasteiger partial charge in [-0.05, 0) is 26.0 Å². The van der Waals surface area contributed by atoms with Gasteiger partial charge in [0, 0.05) is 11.9 Å². The van der Waals surface area contributed by atoms with E-state index in [1.54, 1.807) is 32.2 Å². The molecule has 0 saturated heterocycles. The van der Waals surface area contributed by atoms with Crippen LogP contribution in [0.15, 0.2) is 18.3 Å². The molecule has 1 rings (SSSR count). The van der Waals surface area contributed by atoms with Gasteiger partial charge in [-0.2, -0.15) is 0 Å². The predicted molar refractivity (Wildman–Crippen MR) is 53.7 cm³/mol. The molecule has 0 fully saturated rings. The van der Waals surface area contributed by atoms with E-state index in [0.29, 0.717) is 11.4 Å². The van der Waals surface area contributed by atoms with Crippen molar-refractivity contribution in [3.05, 3.63) is 24.0 Å². The third-order valence-electron chi connectivity index (χ3n) is 2.12. The number of hydrogen-bond donors (Lipinski definition) is 1. The molecule has 0 spiro atoms. The molecule has 1 aromatic rings. The highest BCUT2D eigenvalue weighted by molar-refractivity contribution is 5.81. The van der Waals surface area contributed by atoms with Gasteiger partial charge in [0.15, 0.2) is 0 Å².